The second-order valence-electron chi connectivity index (χ2n) is 3.10. The fourth-order valence-electron chi connectivity index (χ4n) is 0.790. The Labute approximate surface area is 104 Å². The summed E-state index contributed by atoms with van der Waals surface area (Å²) in [5.41, 5.74) is 9.86. The summed E-state index contributed by atoms with van der Waals surface area (Å²) in [6, 6.07) is -0.742. The van der Waals surface area contributed by atoms with Crippen LogP contribution in [-0.4, -0.2) is 41.9 Å². The summed E-state index contributed by atoms with van der Waals surface area (Å²) in [6.07, 6.45) is 0. The number of carbonyl (C=O) groups is 3. The number of hydrogen-bond donors (Lipinski definition) is 3. The van der Waals surface area contributed by atoms with E-state index in [0.29, 0.717) is 0 Å². The molecule has 0 aliphatic rings. The van der Waals surface area contributed by atoms with E-state index in [1.54, 1.807) is 6.92 Å². The first-order chi connectivity index (χ1) is 7.97. The van der Waals surface area contributed by atoms with Crippen molar-refractivity contribution in [3.05, 3.63) is 0 Å². The normalized spacial score (nSPS) is 11.5. The van der Waals surface area contributed by atoms with Gasteiger partial charge >= 0.3 is 5.97 Å². The van der Waals surface area contributed by atoms with Gasteiger partial charge in [0, 0.05) is 12.7 Å². The van der Waals surface area contributed by atoms with Gasteiger partial charge < -0.3 is 10.5 Å². The number of ether oxygens (including phenoxy) is 1. The minimum atomic E-state index is -0.742. The summed E-state index contributed by atoms with van der Waals surface area (Å²) in [4.78, 5) is 32.7. The summed E-state index contributed by atoms with van der Waals surface area (Å²) in [6.45, 7) is 3.25. The third-order valence-electron chi connectivity index (χ3n) is 1.50. The van der Waals surface area contributed by atoms with Crippen molar-refractivity contribution >= 4 is 29.5 Å². The lowest BCUT2D eigenvalue weighted by Crippen LogP contribution is -2.41. The minimum Gasteiger partial charge on any atom is -0.465 e. The van der Waals surface area contributed by atoms with Crippen molar-refractivity contribution in [1.82, 2.24) is 10.9 Å². The van der Waals surface area contributed by atoms with E-state index in [1.807, 2.05) is 0 Å². The first-order valence-electron chi connectivity index (χ1n) is 5.02. The van der Waals surface area contributed by atoms with Crippen molar-refractivity contribution in [2.75, 3.05) is 18.1 Å². The van der Waals surface area contributed by atoms with Gasteiger partial charge in [-0.05, 0) is 6.92 Å². The van der Waals surface area contributed by atoms with E-state index in [9.17, 15) is 14.4 Å². The molecule has 0 aromatic carbocycles. The third-order valence-corrected chi connectivity index (χ3v) is 2.56. The average Bonchev–Trinajstić information content (AvgIpc) is 2.26. The molecular weight excluding hydrogens is 246 g/mol. The monoisotopic (exact) mass is 263 g/mol. The molecule has 2 amide bonds. The molecule has 0 saturated heterocycles. The Kier molecular flexibility index (Phi) is 8.16. The van der Waals surface area contributed by atoms with Gasteiger partial charge in [-0.3, -0.25) is 25.2 Å². The Balaban J connectivity index is 3.65. The quantitative estimate of drug-likeness (QED) is 0.409. The zero-order valence-corrected chi connectivity index (χ0v) is 10.6. The Morgan fingerprint density at radius 3 is 2.53 bits per heavy atom. The predicted octanol–water partition coefficient (Wildman–Crippen LogP) is -1.22. The number of esters is 1. The summed E-state index contributed by atoms with van der Waals surface area (Å²) in [7, 11) is 0. The van der Waals surface area contributed by atoms with Crippen LogP contribution in [0, 0.1) is 0 Å². The standard InChI is InChI=1S/C9H17N3O4S/c1-3-16-9(15)7(10)4-17-5-8(14)12-11-6(2)13/h7H,3-5,10H2,1-2H3,(H,11,13)(H,12,14). The van der Waals surface area contributed by atoms with E-state index < -0.39 is 12.0 Å². The van der Waals surface area contributed by atoms with Crippen LogP contribution in [0.15, 0.2) is 0 Å². The smallest absolute Gasteiger partial charge is 0.323 e. The van der Waals surface area contributed by atoms with Crippen molar-refractivity contribution < 1.29 is 19.1 Å². The van der Waals surface area contributed by atoms with Crippen molar-refractivity contribution in [1.29, 1.82) is 0 Å². The van der Waals surface area contributed by atoms with Gasteiger partial charge in [0.05, 0.1) is 12.4 Å². The maximum absolute atomic E-state index is 11.1. The largest absolute Gasteiger partial charge is 0.465 e. The van der Waals surface area contributed by atoms with E-state index in [1.165, 1.54) is 18.7 Å². The molecule has 0 bridgehead atoms. The second-order valence-corrected chi connectivity index (χ2v) is 4.13. The number of thioether (sulfide) groups is 1. The van der Waals surface area contributed by atoms with Gasteiger partial charge in [0.2, 0.25) is 11.8 Å². The second kappa shape index (κ2) is 8.82. The van der Waals surface area contributed by atoms with Crippen LogP contribution in [-0.2, 0) is 19.1 Å². The molecule has 0 aromatic rings. The zero-order chi connectivity index (χ0) is 13.3. The maximum Gasteiger partial charge on any atom is 0.323 e. The van der Waals surface area contributed by atoms with Gasteiger partial charge in [-0.1, -0.05) is 0 Å². The molecule has 0 spiro atoms. The van der Waals surface area contributed by atoms with Crippen LogP contribution in [0.3, 0.4) is 0 Å². The zero-order valence-electron chi connectivity index (χ0n) is 9.82. The molecule has 1 atom stereocenters. The molecule has 17 heavy (non-hydrogen) atoms. The highest BCUT2D eigenvalue weighted by Crippen LogP contribution is 2.02. The van der Waals surface area contributed by atoms with E-state index >= 15 is 0 Å². The molecule has 1 unspecified atom stereocenters. The molecule has 0 aliphatic carbocycles. The maximum atomic E-state index is 11.1. The van der Waals surface area contributed by atoms with Crippen molar-refractivity contribution in [3.8, 4) is 0 Å². The van der Waals surface area contributed by atoms with Gasteiger partial charge in [0.15, 0.2) is 0 Å². The van der Waals surface area contributed by atoms with Gasteiger partial charge in [-0.25, -0.2) is 0 Å². The fourth-order valence-corrected chi connectivity index (χ4v) is 1.56. The highest BCUT2D eigenvalue weighted by atomic mass is 32.2. The average molecular weight is 263 g/mol. The molecule has 98 valence electrons. The molecule has 0 fully saturated rings. The lowest BCUT2D eigenvalue weighted by molar-refractivity contribution is -0.144. The van der Waals surface area contributed by atoms with E-state index in [-0.39, 0.29) is 29.9 Å². The SMILES string of the molecule is CCOC(=O)C(N)CSCC(=O)NNC(C)=O. The Hall–Kier alpha value is -1.28. The van der Waals surface area contributed by atoms with Crippen LogP contribution < -0.4 is 16.6 Å². The van der Waals surface area contributed by atoms with Crippen LogP contribution in [0.5, 0.6) is 0 Å². The van der Waals surface area contributed by atoms with Gasteiger partial charge in [0.25, 0.3) is 0 Å². The van der Waals surface area contributed by atoms with E-state index in [4.69, 9.17) is 10.5 Å². The Morgan fingerprint density at radius 2 is 2.00 bits per heavy atom. The molecule has 8 heteroatoms. The lowest BCUT2D eigenvalue weighted by atomic mass is 10.4. The number of hydrazine groups is 1. The molecule has 4 N–H and O–H groups in total. The number of amides is 2. The molecule has 0 heterocycles. The van der Waals surface area contributed by atoms with Crippen LogP contribution in [0.4, 0.5) is 0 Å². The number of nitrogens with one attached hydrogen (secondary N) is 2. The van der Waals surface area contributed by atoms with Crippen LogP contribution in [0.2, 0.25) is 0 Å². The fraction of sp³-hybridized carbons (Fsp3) is 0.667. The van der Waals surface area contributed by atoms with Crippen molar-refractivity contribution in [3.63, 3.8) is 0 Å². The van der Waals surface area contributed by atoms with E-state index in [0.717, 1.165) is 0 Å². The van der Waals surface area contributed by atoms with Gasteiger partial charge in [-0.2, -0.15) is 0 Å². The topological polar surface area (TPSA) is 111 Å². The van der Waals surface area contributed by atoms with Crippen LogP contribution >= 0.6 is 11.8 Å². The number of nitrogens with two attached hydrogens (primary N) is 1. The van der Waals surface area contributed by atoms with Crippen molar-refractivity contribution in [2.45, 2.75) is 19.9 Å². The first kappa shape index (κ1) is 15.7. The Morgan fingerprint density at radius 1 is 1.35 bits per heavy atom. The molecule has 0 aromatic heterocycles. The number of carbonyl (C=O) groups excluding carboxylic acids is 3. The van der Waals surface area contributed by atoms with Crippen molar-refractivity contribution in [2.24, 2.45) is 5.73 Å². The van der Waals surface area contributed by atoms with Gasteiger partial charge in [-0.15, -0.1) is 11.8 Å². The summed E-state index contributed by atoms with van der Waals surface area (Å²) < 4.78 is 4.71. The molecule has 7 nitrogen and oxygen atoms in total. The molecular formula is C9H17N3O4S. The lowest BCUT2D eigenvalue weighted by Gasteiger charge is -2.10. The molecule has 0 saturated carbocycles. The summed E-state index contributed by atoms with van der Waals surface area (Å²) in [5, 5.41) is 0. The minimum absolute atomic E-state index is 0.105. The highest BCUT2D eigenvalue weighted by molar-refractivity contribution is 8.00. The summed E-state index contributed by atoms with van der Waals surface area (Å²) in [5.74, 6) is -0.810. The van der Waals surface area contributed by atoms with Crippen LogP contribution in [0.1, 0.15) is 13.8 Å². The summed E-state index contributed by atoms with van der Waals surface area (Å²) >= 11 is 1.19. The molecule has 0 radical (unpaired) electrons. The third kappa shape index (κ3) is 8.52. The number of rotatable bonds is 6. The molecule has 0 aliphatic heterocycles. The Bertz CT molecular complexity index is 285. The molecule has 0 rings (SSSR count). The van der Waals surface area contributed by atoms with E-state index in [2.05, 4.69) is 10.9 Å². The van der Waals surface area contributed by atoms with Crippen LogP contribution in [0.25, 0.3) is 0 Å². The number of hydrogen-bond acceptors (Lipinski definition) is 6. The highest BCUT2D eigenvalue weighted by Gasteiger charge is 2.14. The predicted molar refractivity (Wildman–Crippen MR) is 63.9 cm³/mol. The first-order valence-corrected chi connectivity index (χ1v) is 6.18. The van der Waals surface area contributed by atoms with Gasteiger partial charge in [0.1, 0.15) is 6.04 Å².